The first kappa shape index (κ1) is 15.5. The van der Waals surface area contributed by atoms with Gasteiger partial charge < -0.3 is 15.7 Å². The summed E-state index contributed by atoms with van der Waals surface area (Å²) < 4.78 is 0. The Bertz CT molecular complexity index is 505. The summed E-state index contributed by atoms with van der Waals surface area (Å²) in [5, 5.41) is 15.1. The zero-order valence-corrected chi connectivity index (χ0v) is 12.3. The number of carbonyl (C=O) groups is 2. The van der Waals surface area contributed by atoms with Crippen LogP contribution in [0.2, 0.25) is 0 Å². The highest BCUT2D eigenvalue weighted by Gasteiger charge is 2.33. The van der Waals surface area contributed by atoms with Crippen LogP contribution in [0, 0.1) is 0 Å². The van der Waals surface area contributed by atoms with E-state index in [1.807, 2.05) is 6.92 Å². The van der Waals surface area contributed by atoms with Gasteiger partial charge >= 0.3 is 5.97 Å². The molecule has 3 N–H and O–H groups in total. The van der Waals surface area contributed by atoms with Crippen molar-refractivity contribution in [3.8, 4) is 0 Å². The summed E-state index contributed by atoms with van der Waals surface area (Å²) >= 11 is 0. The van der Waals surface area contributed by atoms with E-state index in [9.17, 15) is 9.59 Å². The van der Waals surface area contributed by atoms with Crippen molar-refractivity contribution in [1.82, 2.24) is 10.6 Å². The van der Waals surface area contributed by atoms with Gasteiger partial charge in [0.2, 0.25) is 5.91 Å². The summed E-state index contributed by atoms with van der Waals surface area (Å²) in [6.07, 6.45) is 3.76. The Hall–Kier alpha value is -1.88. The van der Waals surface area contributed by atoms with Crippen molar-refractivity contribution in [3.63, 3.8) is 0 Å². The number of amides is 1. The van der Waals surface area contributed by atoms with Gasteiger partial charge in [0, 0.05) is 6.54 Å². The molecular weight excluding hydrogens is 268 g/mol. The van der Waals surface area contributed by atoms with E-state index in [1.165, 1.54) is 0 Å². The van der Waals surface area contributed by atoms with Crippen LogP contribution in [0.3, 0.4) is 0 Å². The average Bonchev–Trinajstić information content (AvgIpc) is 2.48. The van der Waals surface area contributed by atoms with Crippen LogP contribution in [0.15, 0.2) is 24.3 Å². The minimum Gasteiger partial charge on any atom is -0.478 e. The lowest BCUT2D eigenvalue weighted by Crippen LogP contribution is -2.57. The molecule has 1 amide bonds. The fraction of sp³-hybridized carbons (Fsp3) is 0.500. The first-order valence-electron chi connectivity index (χ1n) is 7.37. The Morgan fingerprint density at radius 2 is 2.00 bits per heavy atom. The Morgan fingerprint density at radius 1 is 1.29 bits per heavy atom. The number of carboxylic acid groups (broad SMARTS) is 1. The molecule has 1 heterocycles. The second kappa shape index (κ2) is 6.72. The normalized spacial score (nSPS) is 21.8. The van der Waals surface area contributed by atoms with Crippen LogP contribution in [0.1, 0.15) is 42.1 Å². The standard InChI is InChI=1S/C16H22N2O3/c1-16(9-2-3-10-18-16)15(21)17-11-8-12-4-6-13(7-5-12)14(19)20/h4-7,18H,2-3,8-11H2,1H3,(H,17,21)(H,19,20). The Kier molecular flexibility index (Phi) is 4.96. The second-order valence-corrected chi connectivity index (χ2v) is 5.72. The molecule has 5 nitrogen and oxygen atoms in total. The zero-order valence-electron chi connectivity index (χ0n) is 12.3. The molecule has 1 atom stereocenters. The minimum absolute atomic E-state index is 0.0457. The smallest absolute Gasteiger partial charge is 0.335 e. The molecule has 1 aromatic rings. The van der Waals surface area contributed by atoms with Crippen molar-refractivity contribution >= 4 is 11.9 Å². The molecule has 0 spiro atoms. The number of nitrogens with one attached hydrogen (secondary N) is 2. The van der Waals surface area contributed by atoms with E-state index in [2.05, 4.69) is 10.6 Å². The van der Waals surface area contributed by atoms with Crippen LogP contribution in [0.5, 0.6) is 0 Å². The van der Waals surface area contributed by atoms with Gasteiger partial charge in [-0.3, -0.25) is 4.79 Å². The molecule has 1 unspecified atom stereocenters. The predicted molar refractivity (Wildman–Crippen MR) is 80.4 cm³/mol. The molecule has 1 saturated heterocycles. The molecule has 1 aromatic carbocycles. The number of hydrogen-bond acceptors (Lipinski definition) is 3. The van der Waals surface area contributed by atoms with Gasteiger partial charge in [0.25, 0.3) is 0 Å². The molecule has 21 heavy (non-hydrogen) atoms. The van der Waals surface area contributed by atoms with E-state index in [0.717, 1.165) is 31.4 Å². The number of hydrogen-bond donors (Lipinski definition) is 3. The lowest BCUT2D eigenvalue weighted by atomic mass is 9.90. The molecule has 1 aliphatic heterocycles. The SMILES string of the molecule is CC1(C(=O)NCCc2ccc(C(=O)O)cc2)CCCCN1. The van der Waals surface area contributed by atoms with Crippen LogP contribution >= 0.6 is 0 Å². The van der Waals surface area contributed by atoms with E-state index < -0.39 is 11.5 Å². The highest BCUT2D eigenvalue weighted by molar-refractivity contribution is 5.87. The molecule has 0 aromatic heterocycles. The zero-order chi connectivity index (χ0) is 15.3. The van der Waals surface area contributed by atoms with Gasteiger partial charge in [0.15, 0.2) is 0 Å². The van der Waals surface area contributed by atoms with Crippen molar-refractivity contribution in [2.24, 2.45) is 0 Å². The van der Waals surface area contributed by atoms with Crippen LogP contribution in [-0.2, 0) is 11.2 Å². The van der Waals surface area contributed by atoms with Crippen LogP contribution in [0.25, 0.3) is 0 Å². The summed E-state index contributed by atoms with van der Waals surface area (Å²) in [6.45, 7) is 3.40. The third kappa shape index (κ3) is 4.04. The number of carbonyl (C=O) groups excluding carboxylic acids is 1. The fourth-order valence-corrected chi connectivity index (χ4v) is 2.58. The van der Waals surface area contributed by atoms with Gasteiger partial charge in [-0.1, -0.05) is 12.1 Å². The third-order valence-corrected chi connectivity index (χ3v) is 4.02. The van der Waals surface area contributed by atoms with Crippen molar-refractivity contribution in [2.75, 3.05) is 13.1 Å². The lowest BCUT2D eigenvalue weighted by molar-refractivity contribution is -0.127. The second-order valence-electron chi connectivity index (χ2n) is 5.72. The van der Waals surface area contributed by atoms with E-state index in [1.54, 1.807) is 24.3 Å². The number of benzene rings is 1. The van der Waals surface area contributed by atoms with Gasteiger partial charge in [-0.25, -0.2) is 4.79 Å². The van der Waals surface area contributed by atoms with Crippen molar-refractivity contribution in [3.05, 3.63) is 35.4 Å². The van der Waals surface area contributed by atoms with Crippen molar-refractivity contribution in [1.29, 1.82) is 0 Å². The molecule has 0 bridgehead atoms. The molecule has 2 rings (SSSR count). The quantitative estimate of drug-likeness (QED) is 0.769. The average molecular weight is 290 g/mol. The number of aromatic carboxylic acids is 1. The maximum absolute atomic E-state index is 12.2. The minimum atomic E-state index is -0.925. The number of piperidine rings is 1. The summed E-state index contributed by atoms with van der Waals surface area (Å²) in [4.78, 5) is 23.0. The number of rotatable bonds is 5. The first-order valence-corrected chi connectivity index (χ1v) is 7.37. The van der Waals surface area contributed by atoms with E-state index in [-0.39, 0.29) is 11.5 Å². The Morgan fingerprint density at radius 3 is 2.57 bits per heavy atom. The van der Waals surface area contributed by atoms with Crippen molar-refractivity contribution < 1.29 is 14.7 Å². The van der Waals surface area contributed by atoms with E-state index in [4.69, 9.17) is 5.11 Å². The first-order chi connectivity index (χ1) is 10.0. The maximum Gasteiger partial charge on any atom is 0.335 e. The monoisotopic (exact) mass is 290 g/mol. The summed E-state index contributed by atoms with van der Waals surface area (Å²) in [5.41, 5.74) is 0.842. The summed E-state index contributed by atoms with van der Waals surface area (Å²) in [6, 6.07) is 6.75. The highest BCUT2D eigenvalue weighted by Crippen LogP contribution is 2.18. The summed E-state index contributed by atoms with van der Waals surface area (Å²) in [5.74, 6) is -0.879. The predicted octanol–water partition coefficient (Wildman–Crippen LogP) is 1.58. The Labute approximate surface area is 124 Å². The van der Waals surface area contributed by atoms with Gasteiger partial charge in [-0.2, -0.15) is 0 Å². The van der Waals surface area contributed by atoms with Gasteiger partial charge in [-0.05, 0) is 56.8 Å². The molecule has 1 aliphatic rings. The van der Waals surface area contributed by atoms with Crippen LogP contribution < -0.4 is 10.6 Å². The topological polar surface area (TPSA) is 78.4 Å². The molecular formula is C16H22N2O3. The maximum atomic E-state index is 12.2. The van der Waals surface area contributed by atoms with Gasteiger partial charge in [-0.15, -0.1) is 0 Å². The Balaban J connectivity index is 1.80. The fourth-order valence-electron chi connectivity index (χ4n) is 2.58. The number of carboxylic acids is 1. The molecule has 0 saturated carbocycles. The lowest BCUT2D eigenvalue weighted by Gasteiger charge is -2.33. The summed E-state index contributed by atoms with van der Waals surface area (Å²) in [7, 11) is 0. The van der Waals surface area contributed by atoms with Gasteiger partial charge in [0.05, 0.1) is 11.1 Å². The molecule has 0 radical (unpaired) electrons. The van der Waals surface area contributed by atoms with E-state index >= 15 is 0 Å². The van der Waals surface area contributed by atoms with Crippen LogP contribution in [-0.4, -0.2) is 35.6 Å². The highest BCUT2D eigenvalue weighted by atomic mass is 16.4. The molecule has 5 heteroatoms. The van der Waals surface area contributed by atoms with Gasteiger partial charge in [0.1, 0.15) is 0 Å². The largest absolute Gasteiger partial charge is 0.478 e. The van der Waals surface area contributed by atoms with Crippen LogP contribution in [0.4, 0.5) is 0 Å². The molecule has 1 fully saturated rings. The molecule has 0 aliphatic carbocycles. The van der Waals surface area contributed by atoms with E-state index in [0.29, 0.717) is 13.0 Å². The third-order valence-electron chi connectivity index (χ3n) is 4.02. The van der Waals surface area contributed by atoms with Crippen molar-refractivity contribution in [2.45, 2.75) is 38.1 Å². The molecule has 114 valence electrons.